The molecule has 4 rings (SSSR count). The molecule has 1 fully saturated rings. The van der Waals surface area contributed by atoms with E-state index in [1.807, 2.05) is 22.0 Å². The number of hydrogen-bond acceptors (Lipinski definition) is 4. The van der Waals surface area contributed by atoms with E-state index in [2.05, 4.69) is 10.3 Å². The van der Waals surface area contributed by atoms with Gasteiger partial charge in [0.15, 0.2) is 0 Å². The van der Waals surface area contributed by atoms with Crippen molar-refractivity contribution in [2.45, 2.75) is 25.1 Å². The predicted molar refractivity (Wildman–Crippen MR) is 106 cm³/mol. The topological polar surface area (TPSA) is 68.2 Å². The van der Waals surface area contributed by atoms with Crippen molar-refractivity contribution in [2.75, 3.05) is 19.6 Å². The molecule has 30 heavy (non-hydrogen) atoms. The molecule has 0 saturated carbocycles. The third-order valence-electron chi connectivity index (χ3n) is 4.96. The zero-order chi connectivity index (χ0) is 21.1. The molecule has 1 amide bonds. The summed E-state index contributed by atoms with van der Waals surface area (Å²) >= 11 is 0. The van der Waals surface area contributed by atoms with Gasteiger partial charge in [-0.1, -0.05) is 0 Å². The minimum atomic E-state index is -4.45. The number of halogens is 3. The summed E-state index contributed by atoms with van der Waals surface area (Å²) < 4.78 is 44.7. The van der Waals surface area contributed by atoms with E-state index in [0.29, 0.717) is 11.6 Å². The second kappa shape index (κ2) is 8.35. The zero-order valence-electron chi connectivity index (χ0n) is 16.1. The van der Waals surface area contributed by atoms with E-state index in [1.54, 1.807) is 30.6 Å². The second-order valence-corrected chi connectivity index (χ2v) is 7.18. The lowest BCUT2D eigenvalue weighted by molar-refractivity contribution is -0.123. The molecular formula is C21H21F3N4O2. The quantitative estimate of drug-likeness (QED) is 0.666. The van der Waals surface area contributed by atoms with Crippen LogP contribution in [0.5, 0.6) is 5.75 Å². The SMILES string of the molecule is O=C(NCC(F)(F)F)c1ccc2c(ccn2-c2ccc(OC3CCNCC3)cn2)c1. The molecule has 1 aliphatic rings. The number of hydrogen-bond donors (Lipinski definition) is 2. The first-order valence-corrected chi connectivity index (χ1v) is 9.69. The van der Waals surface area contributed by atoms with Crippen LogP contribution in [0, 0.1) is 0 Å². The maximum absolute atomic E-state index is 12.3. The number of nitrogens with one attached hydrogen (secondary N) is 2. The van der Waals surface area contributed by atoms with Gasteiger partial charge in [0.1, 0.15) is 24.2 Å². The molecule has 0 unspecified atom stereocenters. The monoisotopic (exact) mass is 418 g/mol. The van der Waals surface area contributed by atoms with Gasteiger partial charge in [-0.2, -0.15) is 13.2 Å². The summed E-state index contributed by atoms with van der Waals surface area (Å²) in [5.41, 5.74) is 0.963. The second-order valence-electron chi connectivity index (χ2n) is 7.18. The van der Waals surface area contributed by atoms with E-state index in [1.165, 1.54) is 6.07 Å². The molecule has 1 aromatic carbocycles. The fourth-order valence-corrected chi connectivity index (χ4v) is 3.46. The normalized spacial score (nSPS) is 15.3. The Bertz CT molecular complexity index is 1020. The van der Waals surface area contributed by atoms with Crippen LogP contribution in [0.1, 0.15) is 23.2 Å². The minimum Gasteiger partial charge on any atom is -0.489 e. The highest BCUT2D eigenvalue weighted by Crippen LogP contribution is 2.23. The summed E-state index contributed by atoms with van der Waals surface area (Å²) in [5.74, 6) is 0.627. The first-order chi connectivity index (χ1) is 14.4. The molecule has 9 heteroatoms. The predicted octanol–water partition coefficient (Wildman–Crippen LogP) is 3.45. The highest BCUT2D eigenvalue weighted by Gasteiger charge is 2.28. The number of ether oxygens (including phenoxy) is 1. The maximum atomic E-state index is 12.3. The van der Waals surface area contributed by atoms with Gasteiger partial charge < -0.3 is 19.9 Å². The van der Waals surface area contributed by atoms with Crippen LogP contribution in [0.4, 0.5) is 13.2 Å². The number of piperidine rings is 1. The lowest BCUT2D eigenvalue weighted by Crippen LogP contribution is -2.34. The molecule has 158 valence electrons. The number of fused-ring (bicyclic) bond motifs is 1. The molecule has 0 bridgehead atoms. The molecule has 2 aromatic heterocycles. The third kappa shape index (κ3) is 4.73. The summed E-state index contributed by atoms with van der Waals surface area (Å²) in [5, 5.41) is 5.90. The van der Waals surface area contributed by atoms with Crippen LogP contribution in [0.25, 0.3) is 16.7 Å². The van der Waals surface area contributed by atoms with Crippen molar-refractivity contribution in [1.29, 1.82) is 0 Å². The standard InChI is InChI=1S/C21H21F3N4O2/c22-21(23,24)13-27-20(29)15-1-3-18-14(11-15)7-10-28(18)19-4-2-17(12-26-19)30-16-5-8-25-9-6-16/h1-4,7,10-12,16,25H,5-6,8-9,13H2,(H,27,29). The lowest BCUT2D eigenvalue weighted by Gasteiger charge is -2.23. The number of aromatic nitrogens is 2. The van der Waals surface area contributed by atoms with Crippen LogP contribution >= 0.6 is 0 Å². The van der Waals surface area contributed by atoms with Crippen molar-refractivity contribution in [3.05, 3.63) is 54.4 Å². The van der Waals surface area contributed by atoms with Gasteiger partial charge in [0.25, 0.3) is 5.91 Å². The highest BCUT2D eigenvalue weighted by molar-refractivity contribution is 5.98. The number of carbonyl (C=O) groups excluding carboxylic acids is 1. The summed E-state index contributed by atoms with van der Waals surface area (Å²) in [7, 11) is 0. The van der Waals surface area contributed by atoms with E-state index >= 15 is 0 Å². The van der Waals surface area contributed by atoms with Gasteiger partial charge in [0.2, 0.25) is 0 Å². The van der Waals surface area contributed by atoms with Gasteiger partial charge in [-0.05, 0) is 62.3 Å². The molecule has 0 radical (unpaired) electrons. The molecule has 1 saturated heterocycles. The van der Waals surface area contributed by atoms with E-state index in [-0.39, 0.29) is 11.7 Å². The Morgan fingerprint density at radius 3 is 2.70 bits per heavy atom. The van der Waals surface area contributed by atoms with Crippen LogP contribution < -0.4 is 15.4 Å². The van der Waals surface area contributed by atoms with Gasteiger partial charge in [0, 0.05) is 17.1 Å². The van der Waals surface area contributed by atoms with Gasteiger partial charge in [-0.15, -0.1) is 0 Å². The Balaban J connectivity index is 1.48. The number of alkyl halides is 3. The highest BCUT2D eigenvalue weighted by atomic mass is 19.4. The minimum absolute atomic E-state index is 0.170. The summed E-state index contributed by atoms with van der Waals surface area (Å²) in [6.07, 6.45) is 1.15. The van der Waals surface area contributed by atoms with E-state index in [0.717, 1.165) is 36.8 Å². The molecule has 3 heterocycles. The molecule has 0 atom stereocenters. The Kier molecular flexibility index (Phi) is 5.63. The summed E-state index contributed by atoms with van der Waals surface area (Å²) in [6, 6.07) is 10.3. The smallest absolute Gasteiger partial charge is 0.405 e. The van der Waals surface area contributed by atoms with Crippen LogP contribution in [-0.2, 0) is 0 Å². The van der Waals surface area contributed by atoms with Crippen LogP contribution in [0.3, 0.4) is 0 Å². The van der Waals surface area contributed by atoms with E-state index < -0.39 is 18.6 Å². The van der Waals surface area contributed by atoms with Gasteiger partial charge in [0.05, 0.1) is 11.7 Å². The summed E-state index contributed by atoms with van der Waals surface area (Å²) in [6.45, 7) is 0.532. The van der Waals surface area contributed by atoms with Crippen molar-refractivity contribution in [3.63, 3.8) is 0 Å². The van der Waals surface area contributed by atoms with Gasteiger partial charge in [-0.3, -0.25) is 4.79 Å². The van der Waals surface area contributed by atoms with Crippen LogP contribution in [0.15, 0.2) is 48.8 Å². The molecule has 6 nitrogen and oxygen atoms in total. The Labute approximate surface area is 171 Å². The Hall–Kier alpha value is -3.07. The first-order valence-electron chi connectivity index (χ1n) is 9.69. The van der Waals surface area contributed by atoms with E-state index in [9.17, 15) is 18.0 Å². The van der Waals surface area contributed by atoms with Crippen molar-refractivity contribution in [2.24, 2.45) is 0 Å². The Morgan fingerprint density at radius 1 is 1.20 bits per heavy atom. The molecular weight excluding hydrogens is 397 g/mol. The van der Waals surface area contributed by atoms with Crippen molar-refractivity contribution < 1.29 is 22.7 Å². The molecule has 1 aliphatic heterocycles. The molecule has 0 aliphatic carbocycles. The number of carbonyl (C=O) groups is 1. The zero-order valence-corrected chi connectivity index (χ0v) is 16.1. The van der Waals surface area contributed by atoms with Crippen molar-refractivity contribution in [3.8, 4) is 11.6 Å². The summed E-state index contributed by atoms with van der Waals surface area (Å²) in [4.78, 5) is 16.4. The van der Waals surface area contributed by atoms with E-state index in [4.69, 9.17) is 4.74 Å². The van der Waals surface area contributed by atoms with Gasteiger partial charge >= 0.3 is 6.18 Å². The number of rotatable bonds is 5. The third-order valence-corrected chi connectivity index (χ3v) is 4.96. The molecule has 2 N–H and O–H groups in total. The van der Waals surface area contributed by atoms with Crippen LogP contribution in [0.2, 0.25) is 0 Å². The average Bonchev–Trinajstić information content (AvgIpc) is 3.16. The maximum Gasteiger partial charge on any atom is 0.405 e. The number of amides is 1. The van der Waals surface area contributed by atoms with Gasteiger partial charge in [-0.25, -0.2) is 4.98 Å². The largest absolute Gasteiger partial charge is 0.489 e. The number of benzene rings is 1. The van der Waals surface area contributed by atoms with Crippen molar-refractivity contribution in [1.82, 2.24) is 20.2 Å². The van der Waals surface area contributed by atoms with Crippen molar-refractivity contribution >= 4 is 16.8 Å². The van der Waals surface area contributed by atoms with Crippen LogP contribution in [-0.4, -0.2) is 47.4 Å². The fourth-order valence-electron chi connectivity index (χ4n) is 3.46. The molecule has 0 spiro atoms. The average molecular weight is 418 g/mol. The lowest BCUT2D eigenvalue weighted by atomic mass is 10.1. The fraction of sp³-hybridized carbons (Fsp3) is 0.333. The first kappa shape index (κ1) is 20.2. The number of pyridine rings is 1. The molecule has 3 aromatic rings. The number of nitrogens with zero attached hydrogens (tertiary/aromatic N) is 2. The Morgan fingerprint density at radius 2 is 2.00 bits per heavy atom.